The first-order valence-electron chi connectivity index (χ1n) is 1.43. The normalized spacial score (nSPS) is 17.3. The summed E-state index contributed by atoms with van der Waals surface area (Å²) in [5.41, 5.74) is 0. The Balaban J connectivity index is 2.46. The van der Waals surface area contributed by atoms with E-state index in [2.05, 4.69) is 15.7 Å². The summed E-state index contributed by atoms with van der Waals surface area (Å²) in [6.07, 6.45) is 4.17. The third kappa shape index (κ3) is 0.755. The second-order valence-electron chi connectivity index (χ2n) is 0.694. The van der Waals surface area contributed by atoms with Crippen LogP contribution in [0.3, 0.4) is 0 Å². The van der Waals surface area contributed by atoms with Gasteiger partial charge in [-0.3, -0.25) is 0 Å². The lowest BCUT2D eigenvalue weighted by Gasteiger charge is -1.88. The second-order valence-corrected chi connectivity index (χ2v) is 1.31. The lowest BCUT2D eigenvalue weighted by Crippen LogP contribution is -1.70. The zero-order valence-corrected chi connectivity index (χ0v) is 3.73. The molecule has 0 saturated carbocycles. The van der Waals surface area contributed by atoms with Crippen LogP contribution in [0.2, 0.25) is 0 Å². The summed E-state index contributed by atoms with van der Waals surface area (Å²) >= 11 is 1.19. The van der Waals surface area contributed by atoms with Gasteiger partial charge in [0.05, 0.1) is 0 Å². The van der Waals surface area contributed by atoms with Gasteiger partial charge in [0.2, 0.25) is 0 Å². The third-order valence-corrected chi connectivity index (χ3v) is 0.739. The summed E-state index contributed by atoms with van der Waals surface area (Å²) in [5.74, 6) is 0. The summed E-state index contributed by atoms with van der Waals surface area (Å²) in [5, 5.41) is 5.06. The molecule has 31 valence electrons. The molecule has 0 aromatic heterocycles. The minimum absolute atomic E-state index is 1.19. The maximum absolute atomic E-state index is 4.41. The maximum Gasteiger partial charge on any atom is 0.134 e. The largest absolute Gasteiger partial charge is 0.317 e. The van der Waals surface area contributed by atoms with Crippen molar-refractivity contribution in [2.24, 2.45) is 5.16 Å². The molecule has 2 nitrogen and oxygen atoms in total. The second kappa shape index (κ2) is 1.87. The Hall–Kier alpha value is -0.440. The fraction of sp³-hybridized carbons (Fsp3) is 0. The van der Waals surface area contributed by atoms with Gasteiger partial charge in [-0.2, -0.15) is 0 Å². The van der Waals surface area contributed by atoms with Crippen molar-refractivity contribution in [1.29, 1.82) is 0 Å². The molecule has 0 bridgehead atoms. The standard InChI is InChI=1S/C3H2NOS/c1-2-4-5-6-3-1/h1,3H. The molecule has 0 N–H and O–H groups in total. The topological polar surface area (TPSA) is 21.6 Å². The number of hydrogen-bond donors (Lipinski definition) is 0. The minimum atomic E-state index is 1.19. The van der Waals surface area contributed by atoms with Crippen LogP contribution in [-0.4, -0.2) is 6.21 Å². The van der Waals surface area contributed by atoms with E-state index in [9.17, 15) is 0 Å². The van der Waals surface area contributed by atoms with E-state index in [0.29, 0.717) is 0 Å². The van der Waals surface area contributed by atoms with Crippen molar-refractivity contribution in [2.75, 3.05) is 0 Å². The van der Waals surface area contributed by atoms with Crippen LogP contribution in [0.25, 0.3) is 0 Å². The van der Waals surface area contributed by atoms with Crippen LogP contribution in [0.5, 0.6) is 0 Å². The third-order valence-electron chi connectivity index (χ3n) is 0.331. The SMILES string of the molecule is [C]1=NOSC=C1. The molecule has 0 aromatic rings. The van der Waals surface area contributed by atoms with E-state index in [0.717, 1.165) is 0 Å². The van der Waals surface area contributed by atoms with E-state index in [4.69, 9.17) is 0 Å². The smallest absolute Gasteiger partial charge is 0.134 e. The van der Waals surface area contributed by atoms with Gasteiger partial charge < -0.3 is 4.28 Å². The number of hydrogen-bond acceptors (Lipinski definition) is 3. The highest BCUT2D eigenvalue weighted by Crippen LogP contribution is 2.05. The fourth-order valence-electron chi connectivity index (χ4n) is 0.157. The molecule has 1 rings (SSSR count). The first-order chi connectivity index (χ1) is 3.00. The van der Waals surface area contributed by atoms with E-state index in [1.165, 1.54) is 12.0 Å². The first kappa shape index (κ1) is 3.74. The van der Waals surface area contributed by atoms with Crippen LogP contribution in [0, 0.1) is 0 Å². The summed E-state index contributed by atoms with van der Waals surface area (Å²) in [7, 11) is 0. The number of allylic oxidation sites excluding steroid dienone is 1. The lowest BCUT2D eigenvalue weighted by atomic mass is 10.7. The number of nitrogens with zero attached hydrogens (tertiary/aromatic N) is 1. The molecule has 0 unspecified atom stereocenters. The highest BCUT2D eigenvalue weighted by molar-refractivity contribution is 7.97. The maximum atomic E-state index is 4.41. The zero-order chi connectivity index (χ0) is 4.24. The molecule has 1 heterocycles. The van der Waals surface area contributed by atoms with E-state index in [1.54, 1.807) is 11.5 Å². The van der Waals surface area contributed by atoms with Gasteiger partial charge in [-0.1, -0.05) is 5.16 Å². The van der Waals surface area contributed by atoms with Gasteiger partial charge >= 0.3 is 0 Å². The van der Waals surface area contributed by atoms with Gasteiger partial charge in [-0.25, -0.2) is 0 Å². The van der Waals surface area contributed by atoms with Gasteiger partial charge in [0.1, 0.15) is 18.3 Å². The van der Waals surface area contributed by atoms with E-state index < -0.39 is 0 Å². The molecular weight excluding hydrogens is 98.1 g/mol. The summed E-state index contributed by atoms with van der Waals surface area (Å²) in [6.45, 7) is 0. The molecular formula is C3H2NOS. The van der Waals surface area contributed by atoms with Crippen LogP contribution in [0.4, 0.5) is 0 Å². The average molecular weight is 100 g/mol. The highest BCUT2D eigenvalue weighted by atomic mass is 32.2. The van der Waals surface area contributed by atoms with Crippen LogP contribution in [0.1, 0.15) is 0 Å². The zero-order valence-electron chi connectivity index (χ0n) is 2.92. The van der Waals surface area contributed by atoms with Crippen LogP contribution in [0.15, 0.2) is 16.6 Å². The Kier molecular flexibility index (Phi) is 1.17. The van der Waals surface area contributed by atoms with E-state index in [-0.39, 0.29) is 0 Å². The van der Waals surface area contributed by atoms with Gasteiger partial charge in [0, 0.05) is 5.41 Å². The molecule has 1 aliphatic heterocycles. The molecule has 0 amide bonds. The molecule has 1 radical (unpaired) electrons. The molecule has 0 fully saturated rings. The van der Waals surface area contributed by atoms with Crippen LogP contribution in [-0.2, 0) is 4.28 Å². The molecule has 6 heavy (non-hydrogen) atoms. The van der Waals surface area contributed by atoms with Gasteiger partial charge in [0.15, 0.2) is 0 Å². The van der Waals surface area contributed by atoms with Gasteiger partial charge in [-0.15, -0.1) is 0 Å². The van der Waals surface area contributed by atoms with Crippen molar-refractivity contribution in [3.8, 4) is 0 Å². The molecule has 0 saturated heterocycles. The predicted octanol–water partition coefficient (Wildman–Crippen LogP) is 1.04. The molecule has 0 spiro atoms. The van der Waals surface area contributed by atoms with Crippen molar-refractivity contribution < 1.29 is 4.28 Å². The summed E-state index contributed by atoms with van der Waals surface area (Å²) in [6, 6.07) is 0. The van der Waals surface area contributed by atoms with Crippen molar-refractivity contribution in [1.82, 2.24) is 0 Å². The van der Waals surface area contributed by atoms with Crippen molar-refractivity contribution >= 4 is 18.3 Å². The molecule has 0 atom stereocenters. The van der Waals surface area contributed by atoms with Crippen LogP contribution >= 0.6 is 12.0 Å². The quantitative estimate of drug-likeness (QED) is 0.424. The minimum Gasteiger partial charge on any atom is -0.317 e. The molecule has 0 aromatic carbocycles. The summed E-state index contributed by atoms with van der Waals surface area (Å²) < 4.78 is 4.41. The lowest BCUT2D eigenvalue weighted by molar-refractivity contribution is 0.411. The molecule has 3 heteroatoms. The van der Waals surface area contributed by atoms with Crippen molar-refractivity contribution in [2.45, 2.75) is 0 Å². The van der Waals surface area contributed by atoms with Gasteiger partial charge in [0.25, 0.3) is 0 Å². The van der Waals surface area contributed by atoms with E-state index >= 15 is 0 Å². The summed E-state index contributed by atoms with van der Waals surface area (Å²) in [4.78, 5) is 0. The van der Waals surface area contributed by atoms with Gasteiger partial charge in [-0.05, 0) is 6.08 Å². The number of rotatable bonds is 0. The van der Waals surface area contributed by atoms with Crippen LogP contribution < -0.4 is 0 Å². The Labute approximate surface area is 40.1 Å². The first-order valence-corrected chi connectivity index (χ1v) is 2.24. The monoisotopic (exact) mass is 100.0 g/mol. The predicted molar refractivity (Wildman–Crippen MR) is 25.3 cm³/mol. The molecule has 0 aliphatic carbocycles. The highest BCUT2D eigenvalue weighted by Gasteiger charge is 1.80. The van der Waals surface area contributed by atoms with Crippen molar-refractivity contribution in [3.63, 3.8) is 0 Å². The Morgan fingerprint density at radius 2 is 2.83 bits per heavy atom. The van der Waals surface area contributed by atoms with E-state index in [1.807, 2.05) is 0 Å². The Bertz CT molecular complexity index is 76.8. The Morgan fingerprint density at radius 1 is 1.83 bits per heavy atom. The average Bonchev–Trinajstić information content (AvgIpc) is 1.72. The fourth-order valence-corrected chi connectivity index (χ4v) is 0.409. The Morgan fingerprint density at radius 3 is 3.00 bits per heavy atom. The van der Waals surface area contributed by atoms with Crippen molar-refractivity contribution in [3.05, 3.63) is 11.5 Å². The molecule has 1 aliphatic rings.